The molecule has 2 N–H and O–H groups in total. The molecule has 130 valence electrons. The molecular formula is C16H23F3N2O2. The minimum Gasteiger partial charge on any atom is -0.389 e. The molecule has 0 radical (unpaired) electrons. The fraction of sp³-hybridized carbons (Fsp3) is 0.562. The van der Waals surface area contributed by atoms with Crippen molar-refractivity contribution >= 4 is 6.03 Å². The molecule has 1 aromatic rings. The molecule has 1 rings (SSSR count). The van der Waals surface area contributed by atoms with Crippen LogP contribution in [0.5, 0.6) is 0 Å². The molecule has 0 aliphatic carbocycles. The number of hydrogen-bond donors (Lipinski definition) is 2. The van der Waals surface area contributed by atoms with E-state index in [1.54, 1.807) is 27.8 Å². The molecule has 1 aromatic carbocycles. The van der Waals surface area contributed by atoms with Crippen molar-refractivity contribution < 1.29 is 23.1 Å². The van der Waals surface area contributed by atoms with Crippen LogP contribution in [0, 0.1) is 0 Å². The summed E-state index contributed by atoms with van der Waals surface area (Å²) in [6, 6.07) is 4.29. The molecule has 0 fully saturated rings. The molecule has 0 bridgehead atoms. The van der Waals surface area contributed by atoms with Gasteiger partial charge in [-0.15, -0.1) is 0 Å². The van der Waals surface area contributed by atoms with E-state index in [0.29, 0.717) is 12.0 Å². The van der Waals surface area contributed by atoms with Crippen LogP contribution in [0.3, 0.4) is 0 Å². The average molecular weight is 332 g/mol. The van der Waals surface area contributed by atoms with E-state index in [4.69, 9.17) is 0 Å². The standard InChI is InChI=1S/C16H23F3N2O2/c1-11(20-14(22)21(4)10-15(2,3)23)9-12-5-7-13(8-6-12)16(17,18)19/h5-8,11,23H,9-10H2,1-4H3,(H,20,22). The van der Waals surface area contributed by atoms with Gasteiger partial charge in [0.15, 0.2) is 0 Å². The minimum atomic E-state index is -4.35. The highest BCUT2D eigenvalue weighted by atomic mass is 19.4. The van der Waals surface area contributed by atoms with E-state index < -0.39 is 17.3 Å². The Balaban J connectivity index is 2.56. The molecule has 1 unspecified atom stereocenters. The smallest absolute Gasteiger partial charge is 0.389 e. The van der Waals surface area contributed by atoms with Crippen molar-refractivity contribution in [3.05, 3.63) is 35.4 Å². The lowest BCUT2D eigenvalue weighted by Crippen LogP contribution is -2.47. The second-order valence-electron chi connectivity index (χ2n) is 6.42. The number of aliphatic hydroxyl groups is 1. The largest absolute Gasteiger partial charge is 0.416 e. The molecule has 0 heterocycles. The van der Waals surface area contributed by atoms with Crippen LogP contribution in [0.1, 0.15) is 31.9 Å². The number of nitrogens with one attached hydrogen (secondary N) is 1. The lowest BCUT2D eigenvalue weighted by atomic mass is 10.0. The Kier molecular flexibility index (Phi) is 6.04. The van der Waals surface area contributed by atoms with Gasteiger partial charge in [-0.05, 0) is 44.9 Å². The van der Waals surface area contributed by atoms with E-state index in [2.05, 4.69) is 5.32 Å². The Morgan fingerprint density at radius 2 is 1.78 bits per heavy atom. The summed E-state index contributed by atoms with van der Waals surface area (Å²) < 4.78 is 37.5. The lowest BCUT2D eigenvalue weighted by molar-refractivity contribution is -0.137. The van der Waals surface area contributed by atoms with Gasteiger partial charge in [-0.25, -0.2) is 4.79 Å². The van der Waals surface area contributed by atoms with Gasteiger partial charge in [-0.2, -0.15) is 13.2 Å². The number of amides is 2. The molecule has 1 atom stereocenters. The first kappa shape index (κ1) is 19.3. The van der Waals surface area contributed by atoms with Crippen LogP contribution in [0.4, 0.5) is 18.0 Å². The van der Waals surface area contributed by atoms with Crippen LogP contribution in [0.2, 0.25) is 0 Å². The van der Waals surface area contributed by atoms with Gasteiger partial charge in [0.2, 0.25) is 0 Å². The molecule has 0 spiro atoms. The summed E-state index contributed by atoms with van der Waals surface area (Å²) in [6.07, 6.45) is -3.93. The topological polar surface area (TPSA) is 52.6 Å². The van der Waals surface area contributed by atoms with E-state index in [9.17, 15) is 23.1 Å². The van der Waals surface area contributed by atoms with Gasteiger partial charge in [0.05, 0.1) is 17.7 Å². The number of hydrogen-bond acceptors (Lipinski definition) is 2. The Morgan fingerprint density at radius 1 is 1.26 bits per heavy atom. The highest BCUT2D eigenvalue weighted by Gasteiger charge is 2.30. The van der Waals surface area contributed by atoms with Crippen LogP contribution in [0.15, 0.2) is 24.3 Å². The van der Waals surface area contributed by atoms with Gasteiger partial charge >= 0.3 is 12.2 Å². The van der Waals surface area contributed by atoms with Crippen LogP contribution in [-0.4, -0.2) is 41.3 Å². The Bertz CT molecular complexity index is 522. The zero-order valence-corrected chi connectivity index (χ0v) is 13.7. The summed E-state index contributed by atoms with van der Waals surface area (Å²) in [5, 5.41) is 12.4. The van der Waals surface area contributed by atoms with Crippen LogP contribution >= 0.6 is 0 Å². The highest BCUT2D eigenvalue weighted by molar-refractivity contribution is 5.74. The van der Waals surface area contributed by atoms with Gasteiger partial charge < -0.3 is 15.3 Å². The molecule has 0 saturated carbocycles. The van der Waals surface area contributed by atoms with E-state index in [0.717, 1.165) is 12.1 Å². The first-order valence-electron chi connectivity index (χ1n) is 7.28. The van der Waals surface area contributed by atoms with Gasteiger partial charge in [0.25, 0.3) is 0 Å². The van der Waals surface area contributed by atoms with Gasteiger partial charge in [-0.1, -0.05) is 12.1 Å². The number of halogens is 3. The predicted octanol–water partition coefficient (Wildman–Crippen LogP) is 3.05. The van der Waals surface area contributed by atoms with E-state index >= 15 is 0 Å². The Morgan fingerprint density at radius 3 is 2.22 bits per heavy atom. The van der Waals surface area contributed by atoms with Crippen LogP contribution in [-0.2, 0) is 12.6 Å². The molecule has 23 heavy (non-hydrogen) atoms. The first-order valence-corrected chi connectivity index (χ1v) is 7.28. The van der Waals surface area contributed by atoms with E-state index in [1.807, 2.05) is 0 Å². The number of nitrogens with zero attached hydrogens (tertiary/aromatic N) is 1. The zero-order chi connectivity index (χ0) is 17.8. The maximum atomic E-state index is 12.5. The average Bonchev–Trinajstić information content (AvgIpc) is 2.35. The summed E-state index contributed by atoms with van der Waals surface area (Å²) in [4.78, 5) is 13.3. The third kappa shape index (κ3) is 6.90. The van der Waals surface area contributed by atoms with E-state index in [1.165, 1.54) is 17.0 Å². The van der Waals surface area contributed by atoms with Crippen LogP contribution in [0.25, 0.3) is 0 Å². The molecule has 0 aliphatic heterocycles. The number of alkyl halides is 3. The molecule has 7 heteroatoms. The molecule has 4 nitrogen and oxygen atoms in total. The van der Waals surface area contributed by atoms with Gasteiger partial charge in [0.1, 0.15) is 0 Å². The third-order valence-corrected chi connectivity index (χ3v) is 3.16. The highest BCUT2D eigenvalue weighted by Crippen LogP contribution is 2.29. The van der Waals surface area contributed by atoms with Crippen molar-refractivity contribution in [1.82, 2.24) is 10.2 Å². The first-order chi connectivity index (χ1) is 10.4. The minimum absolute atomic E-state index is 0.172. The lowest BCUT2D eigenvalue weighted by Gasteiger charge is -2.27. The van der Waals surface area contributed by atoms with Crippen molar-refractivity contribution in [2.75, 3.05) is 13.6 Å². The molecule has 0 saturated heterocycles. The predicted molar refractivity (Wildman–Crippen MR) is 82.1 cm³/mol. The fourth-order valence-corrected chi connectivity index (χ4v) is 2.21. The quantitative estimate of drug-likeness (QED) is 0.871. The SMILES string of the molecule is CC(Cc1ccc(C(F)(F)F)cc1)NC(=O)N(C)CC(C)(C)O. The number of rotatable bonds is 5. The Labute approximate surface area is 134 Å². The Hall–Kier alpha value is -1.76. The van der Waals surface area contributed by atoms with Crippen molar-refractivity contribution in [2.45, 2.75) is 45.0 Å². The molecule has 0 aliphatic rings. The summed E-state index contributed by atoms with van der Waals surface area (Å²) in [7, 11) is 1.57. The second kappa shape index (κ2) is 7.21. The number of likely N-dealkylation sites (N-methyl/N-ethyl adjacent to an activating group) is 1. The van der Waals surface area contributed by atoms with Crippen LogP contribution < -0.4 is 5.32 Å². The zero-order valence-electron chi connectivity index (χ0n) is 13.7. The monoisotopic (exact) mass is 332 g/mol. The van der Waals surface area contributed by atoms with E-state index in [-0.39, 0.29) is 18.6 Å². The summed E-state index contributed by atoms with van der Waals surface area (Å²) in [5.74, 6) is 0. The molecule has 0 aromatic heterocycles. The third-order valence-electron chi connectivity index (χ3n) is 3.16. The van der Waals surface area contributed by atoms with Crippen molar-refractivity contribution in [2.24, 2.45) is 0 Å². The number of carbonyl (C=O) groups is 1. The maximum absolute atomic E-state index is 12.5. The summed E-state index contributed by atoms with van der Waals surface area (Å²) in [5.41, 5.74) is -0.984. The van der Waals surface area contributed by atoms with Gasteiger partial charge in [-0.3, -0.25) is 0 Å². The van der Waals surface area contributed by atoms with Crippen molar-refractivity contribution in [3.8, 4) is 0 Å². The normalized spacial score (nSPS) is 13.6. The number of urea groups is 1. The number of benzene rings is 1. The summed E-state index contributed by atoms with van der Waals surface area (Å²) in [6.45, 7) is 5.14. The fourth-order valence-electron chi connectivity index (χ4n) is 2.21. The molecule has 2 amide bonds. The van der Waals surface area contributed by atoms with Gasteiger partial charge in [0, 0.05) is 13.1 Å². The second-order valence-corrected chi connectivity index (χ2v) is 6.42. The van der Waals surface area contributed by atoms with Crippen molar-refractivity contribution in [3.63, 3.8) is 0 Å². The maximum Gasteiger partial charge on any atom is 0.416 e. The molecular weight excluding hydrogens is 309 g/mol. The van der Waals surface area contributed by atoms with Crippen molar-refractivity contribution in [1.29, 1.82) is 0 Å². The number of carbonyl (C=O) groups excluding carboxylic acids is 1. The summed E-state index contributed by atoms with van der Waals surface area (Å²) >= 11 is 0.